The van der Waals surface area contributed by atoms with Crippen molar-refractivity contribution in [2.24, 2.45) is 0 Å². The van der Waals surface area contributed by atoms with Gasteiger partial charge in [0.1, 0.15) is 0 Å². The van der Waals surface area contributed by atoms with Gasteiger partial charge in [-0.1, -0.05) is 6.07 Å². The van der Waals surface area contributed by atoms with Gasteiger partial charge in [0.2, 0.25) is 5.91 Å². The summed E-state index contributed by atoms with van der Waals surface area (Å²) in [6, 6.07) is 3.54. The van der Waals surface area contributed by atoms with E-state index in [1.54, 1.807) is 12.1 Å². The van der Waals surface area contributed by atoms with Crippen LogP contribution < -0.4 is 10.6 Å². The van der Waals surface area contributed by atoms with Crippen molar-refractivity contribution >= 4 is 23.2 Å². The average molecular weight is 312 g/mol. The van der Waals surface area contributed by atoms with Gasteiger partial charge in [0.15, 0.2) is 0 Å². The van der Waals surface area contributed by atoms with Gasteiger partial charge in [0.05, 0.1) is 10.5 Å². The quantitative estimate of drug-likeness (QED) is 0.715. The zero-order valence-corrected chi connectivity index (χ0v) is 12.6. The average Bonchev–Trinajstić information content (AvgIpc) is 3.00. The molecule has 116 valence electrons. The summed E-state index contributed by atoms with van der Waals surface area (Å²) in [4.78, 5) is 24.0. The van der Waals surface area contributed by atoms with Gasteiger partial charge < -0.3 is 20.5 Å². The molecule has 21 heavy (non-hydrogen) atoms. The summed E-state index contributed by atoms with van der Waals surface area (Å²) in [6.07, 6.45) is 1.26. The van der Waals surface area contributed by atoms with Gasteiger partial charge in [-0.3, -0.25) is 9.59 Å². The molecule has 2 amide bonds. The van der Waals surface area contributed by atoms with Crippen molar-refractivity contribution in [2.45, 2.75) is 24.9 Å². The standard InChI is InChI=1S/C14H20N2O4S/c17-12(16-10-14(19)4-7-20-8-5-14)3-6-15-13(18)11-2-1-9-21-11/h1-2,9,19H,3-8,10H2,(H,15,18)(H,16,17). The molecule has 1 aliphatic heterocycles. The van der Waals surface area contributed by atoms with E-state index < -0.39 is 5.60 Å². The minimum Gasteiger partial charge on any atom is -0.388 e. The van der Waals surface area contributed by atoms with Crippen LogP contribution in [0.1, 0.15) is 28.9 Å². The Labute approximate surface area is 127 Å². The van der Waals surface area contributed by atoms with Gasteiger partial charge in [0.25, 0.3) is 5.91 Å². The lowest BCUT2D eigenvalue weighted by Crippen LogP contribution is -2.47. The molecule has 0 unspecified atom stereocenters. The SMILES string of the molecule is O=C(CCNC(=O)c1cccs1)NCC1(O)CCOCC1. The Morgan fingerprint density at radius 1 is 1.33 bits per heavy atom. The summed E-state index contributed by atoms with van der Waals surface area (Å²) in [6.45, 7) is 1.55. The second-order valence-electron chi connectivity index (χ2n) is 5.10. The molecule has 3 N–H and O–H groups in total. The van der Waals surface area contributed by atoms with E-state index in [9.17, 15) is 14.7 Å². The molecule has 0 atom stereocenters. The van der Waals surface area contributed by atoms with Gasteiger partial charge in [-0.05, 0) is 11.4 Å². The third kappa shape index (κ3) is 5.11. The van der Waals surface area contributed by atoms with E-state index in [-0.39, 0.29) is 31.3 Å². The van der Waals surface area contributed by atoms with E-state index in [4.69, 9.17) is 4.74 Å². The van der Waals surface area contributed by atoms with Crippen LogP contribution in [0.4, 0.5) is 0 Å². The van der Waals surface area contributed by atoms with Crippen molar-refractivity contribution in [1.29, 1.82) is 0 Å². The number of nitrogens with one attached hydrogen (secondary N) is 2. The van der Waals surface area contributed by atoms with Gasteiger partial charge in [-0.2, -0.15) is 0 Å². The molecule has 0 saturated carbocycles. The van der Waals surface area contributed by atoms with Crippen LogP contribution in [0.15, 0.2) is 17.5 Å². The number of rotatable bonds is 6. The molecule has 7 heteroatoms. The Morgan fingerprint density at radius 2 is 2.10 bits per heavy atom. The first-order valence-electron chi connectivity index (χ1n) is 6.98. The topological polar surface area (TPSA) is 87.7 Å². The Hall–Kier alpha value is -1.44. The molecule has 0 aromatic carbocycles. The number of hydrogen-bond donors (Lipinski definition) is 3. The maximum Gasteiger partial charge on any atom is 0.261 e. The van der Waals surface area contributed by atoms with E-state index in [0.29, 0.717) is 30.9 Å². The van der Waals surface area contributed by atoms with E-state index >= 15 is 0 Å². The van der Waals surface area contributed by atoms with Crippen molar-refractivity contribution in [3.63, 3.8) is 0 Å². The third-order valence-corrected chi connectivity index (χ3v) is 4.29. The molecule has 1 saturated heterocycles. The highest BCUT2D eigenvalue weighted by molar-refractivity contribution is 7.12. The number of ether oxygens (including phenoxy) is 1. The minimum atomic E-state index is -0.867. The van der Waals surface area contributed by atoms with Crippen LogP contribution in [-0.2, 0) is 9.53 Å². The second kappa shape index (κ2) is 7.53. The number of carbonyl (C=O) groups is 2. The first-order valence-corrected chi connectivity index (χ1v) is 7.86. The van der Waals surface area contributed by atoms with E-state index in [1.807, 2.05) is 5.38 Å². The van der Waals surface area contributed by atoms with Crippen LogP contribution in [0, 0.1) is 0 Å². The first-order chi connectivity index (χ1) is 10.1. The predicted octanol–water partition coefficient (Wildman–Crippen LogP) is 0.526. The van der Waals surface area contributed by atoms with Crippen LogP contribution >= 0.6 is 11.3 Å². The fourth-order valence-electron chi connectivity index (χ4n) is 2.06. The first kappa shape index (κ1) is 15.9. The van der Waals surface area contributed by atoms with E-state index in [1.165, 1.54) is 11.3 Å². The molecule has 0 radical (unpaired) electrons. The molecule has 6 nitrogen and oxygen atoms in total. The third-order valence-electron chi connectivity index (χ3n) is 3.42. The fraction of sp³-hybridized carbons (Fsp3) is 0.571. The minimum absolute atomic E-state index is 0.166. The van der Waals surface area contributed by atoms with E-state index in [0.717, 1.165) is 0 Å². The van der Waals surface area contributed by atoms with Crippen molar-refractivity contribution in [1.82, 2.24) is 10.6 Å². The van der Waals surface area contributed by atoms with Crippen LogP contribution in [0.2, 0.25) is 0 Å². The van der Waals surface area contributed by atoms with Gasteiger partial charge >= 0.3 is 0 Å². The van der Waals surface area contributed by atoms with Crippen molar-refractivity contribution in [3.8, 4) is 0 Å². The molecule has 1 fully saturated rings. The summed E-state index contributed by atoms with van der Waals surface area (Å²) in [5.41, 5.74) is -0.867. The van der Waals surface area contributed by atoms with Crippen molar-refractivity contribution in [3.05, 3.63) is 22.4 Å². The zero-order chi connectivity index (χ0) is 15.1. The summed E-state index contributed by atoms with van der Waals surface area (Å²) in [5.74, 6) is -0.345. The summed E-state index contributed by atoms with van der Waals surface area (Å²) in [7, 11) is 0. The molecule has 1 aromatic heterocycles. The zero-order valence-electron chi connectivity index (χ0n) is 11.8. The number of thiophene rings is 1. The fourth-order valence-corrected chi connectivity index (χ4v) is 2.70. The Balaban J connectivity index is 1.62. The van der Waals surface area contributed by atoms with E-state index in [2.05, 4.69) is 10.6 Å². The summed E-state index contributed by atoms with van der Waals surface area (Å²) >= 11 is 1.36. The number of aliphatic hydroxyl groups is 1. The van der Waals surface area contributed by atoms with Crippen LogP contribution in [0.3, 0.4) is 0 Å². The lowest BCUT2D eigenvalue weighted by atomic mass is 9.94. The molecule has 1 aliphatic rings. The summed E-state index contributed by atoms with van der Waals surface area (Å²) in [5, 5.41) is 17.4. The highest BCUT2D eigenvalue weighted by Gasteiger charge is 2.29. The lowest BCUT2D eigenvalue weighted by Gasteiger charge is -2.32. The number of carbonyl (C=O) groups excluding carboxylic acids is 2. The number of amides is 2. The normalized spacial score (nSPS) is 17.2. The monoisotopic (exact) mass is 312 g/mol. The lowest BCUT2D eigenvalue weighted by molar-refractivity contribution is -0.123. The maximum absolute atomic E-state index is 11.7. The molecule has 0 aliphatic carbocycles. The van der Waals surface area contributed by atoms with Crippen molar-refractivity contribution < 1.29 is 19.4 Å². The molecular weight excluding hydrogens is 292 g/mol. The summed E-state index contributed by atoms with van der Waals surface area (Å²) < 4.78 is 5.18. The molecule has 2 rings (SSSR count). The predicted molar refractivity (Wildman–Crippen MR) is 79.3 cm³/mol. The van der Waals surface area contributed by atoms with Gasteiger partial charge in [-0.25, -0.2) is 0 Å². The molecule has 0 bridgehead atoms. The van der Waals surface area contributed by atoms with Crippen LogP contribution in [0.5, 0.6) is 0 Å². The maximum atomic E-state index is 11.7. The Bertz CT molecular complexity index is 469. The largest absolute Gasteiger partial charge is 0.388 e. The van der Waals surface area contributed by atoms with Gasteiger partial charge in [0, 0.05) is 45.6 Å². The highest BCUT2D eigenvalue weighted by Crippen LogP contribution is 2.19. The van der Waals surface area contributed by atoms with Crippen molar-refractivity contribution in [2.75, 3.05) is 26.3 Å². The number of hydrogen-bond acceptors (Lipinski definition) is 5. The Kier molecular flexibility index (Phi) is 5.72. The van der Waals surface area contributed by atoms with Crippen LogP contribution in [0.25, 0.3) is 0 Å². The Morgan fingerprint density at radius 3 is 2.76 bits per heavy atom. The van der Waals surface area contributed by atoms with Gasteiger partial charge in [-0.15, -0.1) is 11.3 Å². The smallest absolute Gasteiger partial charge is 0.261 e. The molecular formula is C14H20N2O4S. The second-order valence-corrected chi connectivity index (χ2v) is 6.04. The molecule has 2 heterocycles. The molecule has 0 spiro atoms. The van der Waals surface area contributed by atoms with Crippen LogP contribution in [-0.4, -0.2) is 48.8 Å². The molecule has 1 aromatic rings. The highest BCUT2D eigenvalue weighted by atomic mass is 32.1.